The van der Waals surface area contributed by atoms with Gasteiger partial charge in [-0.1, -0.05) is 12.1 Å². The van der Waals surface area contributed by atoms with Crippen molar-refractivity contribution >= 4 is 5.91 Å². The Balaban J connectivity index is 1.50. The first-order chi connectivity index (χ1) is 16.6. The Morgan fingerprint density at radius 2 is 2.03 bits per heavy atom. The van der Waals surface area contributed by atoms with E-state index in [4.69, 9.17) is 10.00 Å². The molecule has 1 aromatic heterocycles. The van der Waals surface area contributed by atoms with Gasteiger partial charge in [0, 0.05) is 6.54 Å². The molecule has 180 valence electrons. The predicted molar refractivity (Wildman–Crippen MR) is 116 cm³/mol. The largest absolute Gasteiger partial charge is 0.497 e. The smallest absolute Gasteiger partial charge is 0.417 e. The van der Waals surface area contributed by atoms with Gasteiger partial charge in [0.05, 0.1) is 48.5 Å². The number of benzene rings is 2. The van der Waals surface area contributed by atoms with Gasteiger partial charge in [-0.2, -0.15) is 18.4 Å². The van der Waals surface area contributed by atoms with Gasteiger partial charge in [0.25, 0.3) is 0 Å². The van der Waals surface area contributed by atoms with Gasteiger partial charge in [-0.3, -0.25) is 9.36 Å². The molecule has 2 bridgehead atoms. The molecule has 3 heterocycles. The zero-order valence-electron chi connectivity index (χ0n) is 18.4. The number of fused-ring (bicyclic) bond motifs is 5. The summed E-state index contributed by atoms with van der Waals surface area (Å²) in [4.78, 5) is 27.8. The third kappa shape index (κ3) is 3.53. The van der Waals surface area contributed by atoms with Crippen LogP contribution in [0.15, 0.2) is 47.3 Å². The highest BCUT2D eigenvalue weighted by atomic mass is 19.4. The molecular weight excluding hydrogens is 465 g/mol. The van der Waals surface area contributed by atoms with E-state index in [0.29, 0.717) is 18.2 Å². The lowest BCUT2D eigenvalue weighted by Crippen LogP contribution is -2.38. The van der Waals surface area contributed by atoms with Gasteiger partial charge in [-0.05, 0) is 42.3 Å². The average molecular weight is 484 g/mol. The second-order valence-electron chi connectivity index (χ2n) is 8.52. The molecule has 35 heavy (non-hydrogen) atoms. The molecule has 11 heteroatoms. The molecule has 8 nitrogen and oxygen atoms in total. The van der Waals surface area contributed by atoms with E-state index >= 15 is 0 Å². The average Bonchev–Trinajstić information content (AvgIpc) is 3.49. The number of nitrogens with zero attached hydrogens (tertiary/aromatic N) is 4. The number of halogens is 3. The minimum absolute atomic E-state index is 0.0939. The van der Waals surface area contributed by atoms with Crippen molar-refractivity contribution in [2.45, 2.75) is 31.1 Å². The summed E-state index contributed by atoms with van der Waals surface area (Å²) in [7, 11) is 1.53. The Morgan fingerprint density at radius 1 is 1.26 bits per heavy atom. The van der Waals surface area contributed by atoms with Crippen molar-refractivity contribution in [2.24, 2.45) is 0 Å². The first-order valence-electron chi connectivity index (χ1n) is 10.7. The maximum atomic E-state index is 13.4. The number of ether oxygens (including phenoxy) is 1. The molecule has 2 aromatic carbocycles. The van der Waals surface area contributed by atoms with E-state index in [2.05, 4.69) is 0 Å². The summed E-state index contributed by atoms with van der Waals surface area (Å²) in [5, 5.41) is 20.0. The van der Waals surface area contributed by atoms with Crippen LogP contribution in [0, 0.1) is 11.3 Å². The van der Waals surface area contributed by atoms with Crippen LogP contribution in [0.1, 0.15) is 40.9 Å². The first kappa shape index (κ1) is 22.6. The lowest BCUT2D eigenvalue weighted by Gasteiger charge is -2.27. The summed E-state index contributed by atoms with van der Waals surface area (Å²) in [5.41, 5.74) is -1.75. The number of aromatic nitrogens is 2. The molecule has 2 aliphatic rings. The number of likely N-dealkylation sites (tertiary alicyclic amines) is 1. The van der Waals surface area contributed by atoms with Crippen LogP contribution >= 0.6 is 0 Å². The Kier molecular flexibility index (Phi) is 5.12. The fourth-order valence-electron chi connectivity index (χ4n) is 5.02. The van der Waals surface area contributed by atoms with Gasteiger partial charge in [0.1, 0.15) is 11.4 Å². The Morgan fingerprint density at radius 3 is 2.71 bits per heavy atom. The highest BCUT2D eigenvalue weighted by Gasteiger charge is 2.49. The SMILES string of the molecule is COc1cccc(CC(=O)N2C[C@H]3CC2c2c(O)n(-c4ccc(C#N)c(C(F)(F)F)c4)c(=O)n23)c1. The Bertz CT molecular complexity index is 1450. The zero-order chi connectivity index (χ0) is 25.1. The molecule has 2 aliphatic heterocycles. The van der Waals surface area contributed by atoms with E-state index in [1.165, 1.54) is 23.8 Å². The maximum absolute atomic E-state index is 13.4. The number of carbonyl (C=O) groups is 1. The van der Waals surface area contributed by atoms with Gasteiger partial charge in [0.2, 0.25) is 11.8 Å². The van der Waals surface area contributed by atoms with E-state index in [0.717, 1.165) is 16.2 Å². The third-order valence-corrected chi connectivity index (χ3v) is 6.55. The predicted octanol–water partition coefficient (Wildman–Crippen LogP) is 3.31. The number of nitriles is 1. The lowest BCUT2D eigenvalue weighted by atomic mass is 10.1. The van der Waals surface area contributed by atoms with E-state index < -0.39 is 41.0 Å². The van der Waals surface area contributed by atoms with Crippen LogP contribution in [0.2, 0.25) is 0 Å². The van der Waals surface area contributed by atoms with Gasteiger partial charge in [0.15, 0.2) is 0 Å². The van der Waals surface area contributed by atoms with Crippen molar-refractivity contribution in [1.82, 2.24) is 14.0 Å². The van der Waals surface area contributed by atoms with Crippen molar-refractivity contribution in [3.8, 4) is 23.4 Å². The number of hydrogen-bond donors (Lipinski definition) is 1. The fourth-order valence-corrected chi connectivity index (χ4v) is 5.02. The van der Waals surface area contributed by atoms with Crippen LogP contribution in [0.3, 0.4) is 0 Å². The molecule has 1 unspecified atom stereocenters. The van der Waals surface area contributed by atoms with Crippen LogP contribution in [-0.4, -0.2) is 38.7 Å². The van der Waals surface area contributed by atoms with E-state index in [1.54, 1.807) is 29.2 Å². The molecule has 0 saturated carbocycles. The van der Waals surface area contributed by atoms with Crippen LogP contribution in [0.25, 0.3) is 5.69 Å². The van der Waals surface area contributed by atoms with Crippen LogP contribution in [0.5, 0.6) is 11.6 Å². The van der Waals surface area contributed by atoms with E-state index in [1.807, 2.05) is 0 Å². The standard InChI is InChI=1S/C24H19F3N4O4/c1-35-17-4-2-3-13(7-17)8-20(32)29-12-16-10-19(29)21-22(33)31(23(34)30(16)21)15-6-5-14(11-28)18(9-15)24(25,26)27/h2-7,9,16,19,33H,8,10,12H2,1H3/t16-,19?/m1/s1. The summed E-state index contributed by atoms with van der Waals surface area (Å²) < 4.78 is 47.6. The molecule has 1 fully saturated rings. The Hall–Kier alpha value is -4.20. The fraction of sp³-hybridized carbons (Fsp3) is 0.292. The van der Waals surface area contributed by atoms with Crippen molar-refractivity contribution in [3.05, 3.63) is 75.3 Å². The highest BCUT2D eigenvalue weighted by Crippen LogP contribution is 2.49. The van der Waals surface area contributed by atoms with Gasteiger partial charge in [-0.25, -0.2) is 9.36 Å². The molecule has 1 amide bonds. The highest BCUT2D eigenvalue weighted by molar-refractivity contribution is 5.80. The second-order valence-corrected chi connectivity index (χ2v) is 8.52. The maximum Gasteiger partial charge on any atom is 0.417 e. The molecular formula is C24H19F3N4O4. The monoisotopic (exact) mass is 484 g/mol. The number of imidazole rings is 1. The quantitative estimate of drug-likeness (QED) is 0.613. The molecule has 0 radical (unpaired) electrons. The normalized spacial score (nSPS) is 18.4. The molecule has 1 saturated heterocycles. The van der Waals surface area contributed by atoms with Crippen LogP contribution < -0.4 is 10.4 Å². The lowest BCUT2D eigenvalue weighted by molar-refractivity contribution is -0.137. The number of hydrogen-bond acceptors (Lipinski definition) is 5. The van der Waals surface area contributed by atoms with Crippen molar-refractivity contribution in [3.63, 3.8) is 0 Å². The van der Waals surface area contributed by atoms with Crippen molar-refractivity contribution in [2.75, 3.05) is 13.7 Å². The minimum Gasteiger partial charge on any atom is -0.497 e. The summed E-state index contributed by atoms with van der Waals surface area (Å²) in [5.74, 6) is -0.101. The number of amides is 1. The number of rotatable bonds is 4. The van der Waals surface area contributed by atoms with Gasteiger partial charge < -0.3 is 14.7 Å². The molecule has 2 atom stereocenters. The van der Waals surface area contributed by atoms with Crippen LogP contribution in [-0.2, 0) is 17.4 Å². The molecule has 0 aliphatic carbocycles. The molecule has 1 N–H and O–H groups in total. The summed E-state index contributed by atoms with van der Waals surface area (Å²) in [6, 6.07) is 10.4. The summed E-state index contributed by atoms with van der Waals surface area (Å²) >= 11 is 0. The van der Waals surface area contributed by atoms with Gasteiger partial charge >= 0.3 is 11.9 Å². The van der Waals surface area contributed by atoms with Gasteiger partial charge in [-0.15, -0.1) is 0 Å². The Labute approximate surface area is 197 Å². The molecule has 0 spiro atoms. The number of carbonyl (C=O) groups excluding carboxylic acids is 1. The van der Waals surface area contributed by atoms with Crippen molar-refractivity contribution < 1.29 is 27.8 Å². The number of methoxy groups -OCH3 is 1. The summed E-state index contributed by atoms with van der Waals surface area (Å²) in [6.07, 6.45) is -4.29. The van der Waals surface area contributed by atoms with E-state index in [9.17, 15) is 27.9 Å². The first-order valence-corrected chi connectivity index (χ1v) is 10.7. The van der Waals surface area contributed by atoms with Crippen molar-refractivity contribution in [1.29, 1.82) is 5.26 Å². The van der Waals surface area contributed by atoms with E-state index in [-0.39, 0.29) is 30.3 Å². The molecule has 3 aromatic rings. The number of alkyl halides is 3. The number of aromatic hydroxyl groups is 1. The topological polar surface area (TPSA) is 100 Å². The summed E-state index contributed by atoms with van der Waals surface area (Å²) in [6.45, 7) is 0.255. The second kappa shape index (κ2) is 7.94. The third-order valence-electron chi connectivity index (χ3n) is 6.55. The molecule has 5 rings (SSSR count). The van der Waals surface area contributed by atoms with Crippen LogP contribution in [0.4, 0.5) is 13.2 Å². The minimum atomic E-state index is -4.81. The zero-order valence-corrected chi connectivity index (χ0v) is 18.4.